The quantitative estimate of drug-likeness (QED) is 0.372. The molecule has 1 amide bonds. The van der Waals surface area contributed by atoms with Crippen LogP contribution in [0, 0.1) is 11.3 Å². The van der Waals surface area contributed by atoms with Crippen LogP contribution in [0.4, 0.5) is 0 Å². The molecule has 0 spiro atoms. The lowest BCUT2D eigenvalue weighted by molar-refractivity contribution is -0.138. The molecule has 1 aromatic heterocycles. The van der Waals surface area contributed by atoms with Crippen LogP contribution in [0.2, 0.25) is 0 Å². The topological polar surface area (TPSA) is 65.8 Å². The molecule has 1 N–H and O–H groups in total. The van der Waals surface area contributed by atoms with Gasteiger partial charge in [0.05, 0.1) is 24.3 Å². The van der Waals surface area contributed by atoms with E-state index in [2.05, 4.69) is 39.8 Å². The zero-order valence-electron chi connectivity index (χ0n) is 18.3. The van der Waals surface area contributed by atoms with Crippen LogP contribution in [0.25, 0.3) is 0 Å². The molecule has 0 aromatic carbocycles. The van der Waals surface area contributed by atoms with Crippen LogP contribution in [0.3, 0.4) is 0 Å². The largest absolute Gasteiger partial charge is 0.357 e. The van der Waals surface area contributed by atoms with E-state index < -0.39 is 0 Å². The summed E-state index contributed by atoms with van der Waals surface area (Å²) in [5, 5.41) is 3.47. The molecule has 0 bridgehead atoms. The average Bonchev–Trinajstić information content (AvgIpc) is 3.37. The highest BCUT2D eigenvalue weighted by molar-refractivity contribution is 14.0. The Kier molecular flexibility index (Phi) is 8.78. The fourth-order valence-electron chi connectivity index (χ4n) is 4.71. The van der Waals surface area contributed by atoms with Gasteiger partial charge in [0.2, 0.25) is 5.91 Å². The first kappa shape index (κ1) is 24.0. The van der Waals surface area contributed by atoms with Crippen LogP contribution in [0.5, 0.6) is 0 Å². The molecule has 3 rings (SSSR count). The number of nitrogens with one attached hydrogen (secondary N) is 1. The number of imidazole rings is 1. The van der Waals surface area contributed by atoms with Gasteiger partial charge in [-0.3, -0.25) is 9.79 Å². The van der Waals surface area contributed by atoms with E-state index in [-0.39, 0.29) is 35.3 Å². The molecule has 164 valence electrons. The van der Waals surface area contributed by atoms with Gasteiger partial charge in [0.25, 0.3) is 0 Å². The number of nitrogens with zero attached hydrogens (tertiary/aromatic N) is 5. The number of aliphatic imine (C=N–C) groups is 1. The third-order valence-corrected chi connectivity index (χ3v) is 6.41. The average molecular weight is 516 g/mol. The number of halogens is 1. The predicted molar refractivity (Wildman–Crippen MR) is 128 cm³/mol. The highest BCUT2D eigenvalue weighted by Crippen LogP contribution is 2.40. The lowest BCUT2D eigenvalue weighted by atomic mass is 9.84. The second-order valence-electron chi connectivity index (χ2n) is 8.65. The molecule has 2 aliphatic rings. The van der Waals surface area contributed by atoms with Gasteiger partial charge in [-0.15, -0.1) is 24.0 Å². The lowest BCUT2D eigenvalue weighted by Gasteiger charge is -2.39. The van der Waals surface area contributed by atoms with Crippen molar-refractivity contribution in [3.05, 3.63) is 18.7 Å². The molecule has 1 aliphatic heterocycles. The predicted octanol–water partition coefficient (Wildman–Crippen LogP) is 3.00. The van der Waals surface area contributed by atoms with E-state index in [1.165, 1.54) is 0 Å². The Morgan fingerprint density at radius 3 is 2.66 bits per heavy atom. The number of piperidine rings is 1. The van der Waals surface area contributed by atoms with E-state index in [4.69, 9.17) is 4.99 Å². The minimum absolute atomic E-state index is 0. The van der Waals surface area contributed by atoms with Gasteiger partial charge in [-0.1, -0.05) is 19.8 Å². The summed E-state index contributed by atoms with van der Waals surface area (Å²) in [6.07, 6.45) is 11.1. The number of likely N-dealkylation sites (tertiary alicyclic amines) is 1. The molecular weight excluding hydrogens is 479 g/mol. The Morgan fingerprint density at radius 2 is 2.07 bits per heavy atom. The Bertz CT molecular complexity index is 669. The summed E-state index contributed by atoms with van der Waals surface area (Å²) >= 11 is 0. The van der Waals surface area contributed by atoms with E-state index >= 15 is 0 Å². The maximum absolute atomic E-state index is 12.9. The van der Waals surface area contributed by atoms with E-state index in [0.717, 1.165) is 57.7 Å². The van der Waals surface area contributed by atoms with Crippen molar-refractivity contribution in [1.29, 1.82) is 0 Å². The molecule has 2 heterocycles. The molecule has 8 heteroatoms. The summed E-state index contributed by atoms with van der Waals surface area (Å²) in [5.41, 5.74) is -0.322. The number of guanidine groups is 1. The summed E-state index contributed by atoms with van der Waals surface area (Å²) < 4.78 is 2.22. The molecule has 1 aliphatic carbocycles. The maximum Gasteiger partial charge on any atom is 0.230 e. The molecule has 0 radical (unpaired) electrons. The summed E-state index contributed by atoms with van der Waals surface area (Å²) in [6.45, 7) is 7.73. The molecule has 2 fully saturated rings. The zero-order chi connectivity index (χ0) is 20.1. The second kappa shape index (κ2) is 10.6. The van der Waals surface area contributed by atoms with Gasteiger partial charge in [0.1, 0.15) is 0 Å². The monoisotopic (exact) mass is 516 g/mol. The fraction of sp³-hybridized carbons (Fsp3) is 0.762. The first-order valence-corrected chi connectivity index (χ1v) is 10.7. The van der Waals surface area contributed by atoms with Gasteiger partial charge >= 0.3 is 0 Å². The number of rotatable bonds is 5. The van der Waals surface area contributed by atoms with Crippen LogP contribution in [0.15, 0.2) is 23.7 Å². The highest BCUT2D eigenvalue weighted by Gasteiger charge is 2.42. The van der Waals surface area contributed by atoms with E-state index in [1.54, 1.807) is 4.90 Å². The minimum atomic E-state index is -0.322. The summed E-state index contributed by atoms with van der Waals surface area (Å²) in [6, 6.07) is 0.393. The van der Waals surface area contributed by atoms with Gasteiger partial charge < -0.3 is 19.7 Å². The van der Waals surface area contributed by atoms with Gasteiger partial charge in [0, 0.05) is 46.1 Å². The van der Waals surface area contributed by atoms with Gasteiger partial charge in [-0.25, -0.2) is 4.98 Å². The number of carbonyl (C=O) groups is 1. The van der Waals surface area contributed by atoms with E-state index in [0.29, 0.717) is 18.5 Å². The molecule has 1 saturated carbocycles. The summed E-state index contributed by atoms with van der Waals surface area (Å²) in [7, 11) is 3.72. The molecule has 2 atom stereocenters. The Hall–Kier alpha value is -1.32. The first-order chi connectivity index (χ1) is 13.5. The number of hydrogen-bond donors (Lipinski definition) is 1. The Morgan fingerprint density at radius 1 is 1.34 bits per heavy atom. The minimum Gasteiger partial charge on any atom is -0.357 e. The highest BCUT2D eigenvalue weighted by atomic mass is 127. The van der Waals surface area contributed by atoms with Crippen LogP contribution in [-0.4, -0.2) is 71.5 Å². The third kappa shape index (κ3) is 5.44. The van der Waals surface area contributed by atoms with Crippen LogP contribution >= 0.6 is 24.0 Å². The van der Waals surface area contributed by atoms with Crippen molar-refractivity contribution in [3.63, 3.8) is 0 Å². The molecular formula is C21H37IN6O. The lowest BCUT2D eigenvalue weighted by Crippen LogP contribution is -2.49. The number of aromatic nitrogens is 2. The van der Waals surface area contributed by atoms with Crippen LogP contribution in [-0.2, 0) is 4.79 Å². The normalized spacial score (nSPS) is 24.1. The van der Waals surface area contributed by atoms with Crippen molar-refractivity contribution in [1.82, 2.24) is 24.7 Å². The molecule has 1 aromatic rings. The van der Waals surface area contributed by atoms with Crippen molar-refractivity contribution in [2.75, 3.05) is 40.3 Å². The van der Waals surface area contributed by atoms with Crippen molar-refractivity contribution >= 4 is 35.8 Å². The van der Waals surface area contributed by atoms with Crippen molar-refractivity contribution < 1.29 is 4.79 Å². The number of hydrogen-bond acceptors (Lipinski definition) is 3. The summed E-state index contributed by atoms with van der Waals surface area (Å²) in [4.78, 5) is 26.2. The molecule has 29 heavy (non-hydrogen) atoms. The van der Waals surface area contributed by atoms with Gasteiger partial charge in [0.15, 0.2) is 5.96 Å². The SMILES string of the molecule is CCNC(=NCC1(C(=O)N(C)C)CCCC1)N1CCC(C)C(n2ccnc2)C1.I. The van der Waals surface area contributed by atoms with E-state index in [1.807, 2.05) is 26.6 Å². The number of carbonyl (C=O) groups excluding carboxylic acids is 1. The van der Waals surface area contributed by atoms with Crippen molar-refractivity contribution in [2.45, 2.75) is 52.0 Å². The molecule has 7 nitrogen and oxygen atoms in total. The van der Waals surface area contributed by atoms with Crippen molar-refractivity contribution in [2.24, 2.45) is 16.3 Å². The first-order valence-electron chi connectivity index (χ1n) is 10.7. The Labute approximate surface area is 192 Å². The van der Waals surface area contributed by atoms with Crippen molar-refractivity contribution in [3.8, 4) is 0 Å². The summed E-state index contributed by atoms with van der Waals surface area (Å²) in [5.74, 6) is 1.77. The third-order valence-electron chi connectivity index (χ3n) is 6.41. The smallest absolute Gasteiger partial charge is 0.230 e. The number of amides is 1. The van der Waals surface area contributed by atoms with Gasteiger partial charge in [-0.2, -0.15) is 0 Å². The van der Waals surface area contributed by atoms with Crippen LogP contribution in [0.1, 0.15) is 52.0 Å². The standard InChI is InChI=1S/C21H36N6O.HI/c1-5-23-20(24-15-21(9-6-7-10-21)19(28)25(3)4)26-12-8-17(2)18(14-26)27-13-11-22-16-27;/h11,13,16-18H,5-10,12,14-15H2,1-4H3,(H,23,24);1H. The molecule has 1 saturated heterocycles. The fourth-order valence-corrected chi connectivity index (χ4v) is 4.71. The maximum atomic E-state index is 12.9. The van der Waals surface area contributed by atoms with Gasteiger partial charge in [-0.05, 0) is 32.1 Å². The van der Waals surface area contributed by atoms with Crippen LogP contribution < -0.4 is 5.32 Å². The Balaban J connectivity index is 0.00000300. The second-order valence-corrected chi connectivity index (χ2v) is 8.65. The van der Waals surface area contributed by atoms with E-state index in [9.17, 15) is 4.79 Å². The zero-order valence-corrected chi connectivity index (χ0v) is 20.6. The molecule has 2 unspecified atom stereocenters.